The molecule has 0 aliphatic carbocycles. The molecule has 1 atom stereocenters. The minimum atomic E-state index is -0.0555. The van der Waals surface area contributed by atoms with Gasteiger partial charge in [-0.1, -0.05) is 29.8 Å². The van der Waals surface area contributed by atoms with Crippen molar-refractivity contribution >= 4 is 5.96 Å². The largest absolute Gasteiger partial charge is 0.373 e. The molecule has 21 heavy (non-hydrogen) atoms. The topological polar surface area (TPSA) is 45.7 Å². The van der Waals surface area contributed by atoms with Gasteiger partial charge in [-0.25, -0.2) is 4.99 Å². The maximum atomic E-state index is 5.80. The van der Waals surface area contributed by atoms with E-state index < -0.39 is 0 Å². The molecule has 2 rings (SSSR count). The molecule has 1 heterocycles. The number of aliphatic imine (C=N–C) groups is 1. The molecular formula is C17H27N3O. The molecule has 4 nitrogen and oxygen atoms in total. The Hall–Kier alpha value is -1.55. The van der Waals surface area contributed by atoms with Gasteiger partial charge < -0.3 is 15.4 Å². The number of hydrogen-bond acceptors (Lipinski definition) is 2. The lowest BCUT2D eigenvalue weighted by Crippen LogP contribution is -2.45. The van der Waals surface area contributed by atoms with Gasteiger partial charge in [0.2, 0.25) is 0 Å². The molecule has 1 aromatic carbocycles. The lowest BCUT2D eigenvalue weighted by molar-refractivity contribution is 0.0243. The van der Waals surface area contributed by atoms with E-state index in [0.29, 0.717) is 6.54 Å². The van der Waals surface area contributed by atoms with Gasteiger partial charge in [0, 0.05) is 19.7 Å². The molecule has 0 radical (unpaired) electrons. The molecule has 0 amide bonds. The molecule has 4 heteroatoms. The number of nitrogens with zero attached hydrogens (tertiary/aromatic N) is 1. The zero-order chi connectivity index (χ0) is 15.1. The van der Waals surface area contributed by atoms with Crippen LogP contribution >= 0.6 is 0 Å². The van der Waals surface area contributed by atoms with Crippen LogP contribution < -0.4 is 10.6 Å². The van der Waals surface area contributed by atoms with Gasteiger partial charge in [-0.2, -0.15) is 0 Å². The Bertz CT molecular complexity index is 461. The molecule has 1 aliphatic heterocycles. The molecule has 1 saturated heterocycles. The third kappa shape index (κ3) is 5.05. The molecule has 0 spiro atoms. The van der Waals surface area contributed by atoms with Crippen molar-refractivity contribution < 1.29 is 4.74 Å². The Kier molecular flexibility index (Phi) is 5.62. The summed E-state index contributed by atoms with van der Waals surface area (Å²) in [5, 5.41) is 6.69. The second-order valence-corrected chi connectivity index (χ2v) is 5.94. The van der Waals surface area contributed by atoms with Crippen molar-refractivity contribution in [1.29, 1.82) is 0 Å². The normalized spacial score (nSPS) is 22.3. The Morgan fingerprint density at radius 2 is 2.05 bits per heavy atom. The highest BCUT2D eigenvalue weighted by atomic mass is 16.5. The number of ether oxygens (including phenoxy) is 1. The van der Waals surface area contributed by atoms with Crippen molar-refractivity contribution in [2.75, 3.05) is 19.7 Å². The first-order chi connectivity index (χ1) is 10.1. The maximum Gasteiger partial charge on any atom is 0.191 e. The average molecular weight is 289 g/mol. The predicted molar refractivity (Wildman–Crippen MR) is 87.6 cm³/mol. The first-order valence-electron chi connectivity index (χ1n) is 7.83. The summed E-state index contributed by atoms with van der Waals surface area (Å²) in [6, 6.07) is 8.50. The highest BCUT2D eigenvalue weighted by Crippen LogP contribution is 2.23. The van der Waals surface area contributed by atoms with Crippen LogP contribution in [0.1, 0.15) is 37.8 Å². The van der Waals surface area contributed by atoms with Crippen LogP contribution in [0.2, 0.25) is 0 Å². The number of rotatable bonds is 5. The lowest BCUT2D eigenvalue weighted by atomic mass is 10.0. The third-order valence-electron chi connectivity index (χ3n) is 3.81. The minimum Gasteiger partial charge on any atom is -0.373 e. The summed E-state index contributed by atoms with van der Waals surface area (Å²) < 4.78 is 5.80. The standard InChI is InChI=1S/C17H27N3O/c1-4-18-16(20-13-17(3)10-5-11-21-17)19-12-15-8-6-14(2)7-9-15/h6-9H,4-5,10-13H2,1-3H3,(H2,18,19,20). The van der Waals surface area contributed by atoms with E-state index in [2.05, 4.69) is 60.7 Å². The van der Waals surface area contributed by atoms with Gasteiger partial charge in [-0.3, -0.25) is 0 Å². The molecular weight excluding hydrogens is 262 g/mol. The Labute approximate surface area is 128 Å². The summed E-state index contributed by atoms with van der Waals surface area (Å²) in [6.45, 7) is 9.56. The van der Waals surface area contributed by atoms with Crippen LogP contribution in [0.4, 0.5) is 0 Å². The van der Waals surface area contributed by atoms with Crippen molar-refractivity contribution in [3.63, 3.8) is 0 Å². The van der Waals surface area contributed by atoms with Crippen molar-refractivity contribution in [1.82, 2.24) is 10.6 Å². The highest BCUT2D eigenvalue weighted by molar-refractivity contribution is 5.79. The van der Waals surface area contributed by atoms with E-state index in [4.69, 9.17) is 4.74 Å². The van der Waals surface area contributed by atoms with Crippen LogP contribution in [0.5, 0.6) is 0 Å². The smallest absolute Gasteiger partial charge is 0.191 e. The monoisotopic (exact) mass is 289 g/mol. The van der Waals surface area contributed by atoms with Gasteiger partial charge in [0.05, 0.1) is 12.1 Å². The third-order valence-corrected chi connectivity index (χ3v) is 3.81. The predicted octanol–water partition coefficient (Wildman–Crippen LogP) is 2.62. The van der Waals surface area contributed by atoms with Gasteiger partial charge in [0.1, 0.15) is 0 Å². The molecule has 1 aliphatic rings. The summed E-state index contributed by atoms with van der Waals surface area (Å²) in [6.07, 6.45) is 2.26. The summed E-state index contributed by atoms with van der Waals surface area (Å²) in [5.74, 6) is 0.856. The molecule has 0 saturated carbocycles. The fourth-order valence-corrected chi connectivity index (χ4v) is 2.45. The summed E-state index contributed by atoms with van der Waals surface area (Å²) in [7, 11) is 0. The van der Waals surface area contributed by atoms with Crippen LogP contribution in [0.15, 0.2) is 29.3 Å². The van der Waals surface area contributed by atoms with E-state index in [1.165, 1.54) is 11.1 Å². The number of hydrogen-bond donors (Lipinski definition) is 2. The van der Waals surface area contributed by atoms with Crippen LogP contribution in [-0.2, 0) is 11.3 Å². The highest BCUT2D eigenvalue weighted by Gasteiger charge is 2.29. The van der Waals surface area contributed by atoms with Crippen LogP contribution in [0.3, 0.4) is 0 Å². The molecule has 2 N–H and O–H groups in total. The Balaban J connectivity index is 1.90. The van der Waals surface area contributed by atoms with Crippen molar-refractivity contribution in [3.05, 3.63) is 35.4 Å². The average Bonchev–Trinajstić information content (AvgIpc) is 2.91. The van der Waals surface area contributed by atoms with E-state index in [1.807, 2.05) is 0 Å². The van der Waals surface area contributed by atoms with E-state index >= 15 is 0 Å². The van der Waals surface area contributed by atoms with Gasteiger partial charge >= 0.3 is 0 Å². The second-order valence-electron chi connectivity index (χ2n) is 5.94. The Morgan fingerprint density at radius 3 is 2.67 bits per heavy atom. The number of guanidine groups is 1. The van der Waals surface area contributed by atoms with Gasteiger partial charge in [0.25, 0.3) is 0 Å². The van der Waals surface area contributed by atoms with Crippen molar-refractivity contribution in [3.8, 4) is 0 Å². The van der Waals surface area contributed by atoms with E-state index in [0.717, 1.165) is 38.5 Å². The minimum absolute atomic E-state index is 0.0555. The lowest BCUT2D eigenvalue weighted by Gasteiger charge is -2.24. The quantitative estimate of drug-likeness (QED) is 0.647. The fraction of sp³-hybridized carbons (Fsp3) is 0.588. The van der Waals surface area contributed by atoms with Crippen LogP contribution in [0, 0.1) is 6.92 Å². The molecule has 1 unspecified atom stereocenters. The van der Waals surface area contributed by atoms with Gasteiger partial charge in [0.15, 0.2) is 5.96 Å². The zero-order valence-corrected chi connectivity index (χ0v) is 13.4. The number of nitrogens with one attached hydrogen (secondary N) is 2. The first kappa shape index (κ1) is 15.8. The molecule has 116 valence electrons. The van der Waals surface area contributed by atoms with E-state index in [-0.39, 0.29) is 5.60 Å². The van der Waals surface area contributed by atoms with Crippen LogP contribution in [-0.4, -0.2) is 31.3 Å². The zero-order valence-electron chi connectivity index (χ0n) is 13.4. The Morgan fingerprint density at radius 1 is 1.29 bits per heavy atom. The summed E-state index contributed by atoms with van der Waals surface area (Å²) >= 11 is 0. The number of aryl methyl sites for hydroxylation is 1. The summed E-state index contributed by atoms with van der Waals surface area (Å²) in [5.41, 5.74) is 2.44. The molecule has 1 fully saturated rings. The molecule has 0 aromatic heterocycles. The molecule has 0 bridgehead atoms. The van der Waals surface area contributed by atoms with E-state index in [1.54, 1.807) is 0 Å². The first-order valence-corrected chi connectivity index (χ1v) is 7.83. The maximum absolute atomic E-state index is 5.80. The van der Waals surface area contributed by atoms with E-state index in [9.17, 15) is 0 Å². The van der Waals surface area contributed by atoms with Gasteiger partial charge in [-0.15, -0.1) is 0 Å². The SMILES string of the molecule is CCNC(=NCc1ccc(C)cc1)NCC1(C)CCCO1. The molecule has 1 aromatic rings. The van der Waals surface area contributed by atoms with Crippen molar-refractivity contribution in [2.45, 2.75) is 45.8 Å². The second kappa shape index (κ2) is 7.46. The van der Waals surface area contributed by atoms with Crippen LogP contribution in [0.25, 0.3) is 0 Å². The van der Waals surface area contributed by atoms with Crippen molar-refractivity contribution in [2.24, 2.45) is 4.99 Å². The summed E-state index contributed by atoms with van der Waals surface area (Å²) in [4.78, 5) is 4.64. The number of benzene rings is 1. The van der Waals surface area contributed by atoms with Gasteiger partial charge in [-0.05, 0) is 39.2 Å². The fourth-order valence-electron chi connectivity index (χ4n) is 2.45.